The van der Waals surface area contributed by atoms with Crippen LogP contribution in [0.2, 0.25) is 0 Å². The van der Waals surface area contributed by atoms with Crippen molar-refractivity contribution in [2.45, 2.75) is 19.1 Å². The molecule has 5 nitrogen and oxygen atoms in total. The Bertz CT molecular complexity index is 357. The predicted molar refractivity (Wildman–Crippen MR) is 55.2 cm³/mol. The van der Waals surface area contributed by atoms with E-state index >= 15 is 0 Å². The number of hydrogen-bond donors (Lipinski definition) is 1. The molecule has 1 unspecified atom stereocenters. The smallest absolute Gasteiger partial charge is 0.337 e. The van der Waals surface area contributed by atoms with Crippen molar-refractivity contribution in [2.75, 3.05) is 13.2 Å². The van der Waals surface area contributed by atoms with E-state index in [9.17, 15) is 4.79 Å². The number of rotatable bonds is 4. The lowest BCUT2D eigenvalue weighted by molar-refractivity contribution is 0.0301. The predicted octanol–water partition coefficient (Wildman–Crippen LogP) is 1.09. The molecule has 0 bridgehead atoms. The summed E-state index contributed by atoms with van der Waals surface area (Å²) in [6, 6.07) is 3.19. The summed E-state index contributed by atoms with van der Waals surface area (Å²) in [6.45, 7) is 1.77. The first-order valence-corrected chi connectivity index (χ1v) is 5.13. The van der Waals surface area contributed by atoms with E-state index in [2.05, 4.69) is 4.98 Å². The van der Waals surface area contributed by atoms with Crippen molar-refractivity contribution in [2.24, 2.45) is 0 Å². The molecule has 1 N–H and O–H groups in total. The van der Waals surface area contributed by atoms with Gasteiger partial charge >= 0.3 is 5.97 Å². The number of carboxylic acid groups (broad SMARTS) is 1. The van der Waals surface area contributed by atoms with Gasteiger partial charge in [-0.15, -0.1) is 0 Å². The summed E-state index contributed by atoms with van der Waals surface area (Å²) in [6.07, 6.45) is 2.39. The Kier molecular flexibility index (Phi) is 3.48. The van der Waals surface area contributed by atoms with Crippen LogP contribution in [0, 0.1) is 0 Å². The molecule has 1 atom stereocenters. The van der Waals surface area contributed by atoms with Crippen molar-refractivity contribution in [3.63, 3.8) is 0 Å². The number of nitrogens with zero attached hydrogens (tertiary/aromatic N) is 1. The molecule has 86 valence electrons. The zero-order valence-electron chi connectivity index (χ0n) is 8.76. The van der Waals surface area contributed by atoms with E-state index in [4.69, 9.17) is 14.6 Å². The molecule has 1 aliphatic heterocycles. The van der Waals surface area contributed by atoms with Crippen LogP contribution < -0.4 is 0 Å². The topological polar surface area (TPSA) is 68.7 Å². The maximum Gasteiger partial charge on any atom is 0.337 e. The van der Waals surface area contributed by atoms with Crippen molar-refractivity contribution in [3.8, 4) is 0 Å². The number of carboxylic acids is 1. The van der Waals surface area contributed by atoms with Gasteiger partial charge in [0.15, 0.2) is 0 Å². The molecule has 1 aromatic rings. The maximum absolute atomic E-state index is 10.6. The molecule has 1 aromatic heterocycles. The first kappa shape index (κ1) is 11.0. The zero-order chi connectivity index (χ0) is 11.4. The lowest BCUT2D eigenvalue weighted by Gasteiger charge is -2.08. The Morgan fingerprint density at radius 1 is 1.62 bits per heavy atom. The molecule has 2 heterocycles. The van der Waals surface area contributed by atoms with E-state index < -0.39 is 5.97 Å². The van der Waals surface area contributed by atoms with Gasteiger partial charge in [-0.25, -0.2) is 4.79 Å². The van der Waals surface area contributed by atoms with Crippen molar-refractivity contribution in [1.29, 1.82) is 0 Å². The quantitative estimate of drug-likeness (QED) is 0.827. The summed E-state index contributed by atoms with van der Waals surface area (Å²) in [4.78, 5) is 14.6. The molecule has 16 heavy (non-hydrogen) atoms. The number of hydrogen-bond acceptors (Lipinski definition) is 4. The molecular formula is C11H13NO4. The second-order valence-electron chi connectivity index (χ2n) is 3.64. The molecule has 0 aromatic carbocycles. The van der Waals surface area contributed by atoms with E-state index in [0.717, 1.165) is 18.7 Å². The molecule has 5 heteroatoms. The van der Waals surface area contributed by atoms with Crippen molar-refractivity contribution in [3.05, 3.63) is 29.6 Å². The largest absolute Gasteiger partial charge is 0.478 e. The van der Waals surface area contributed by atoms with Crippen LogP contribution in [0.25, 0.3) is 0 Å². The molecule has 1 saturated heterocycles. The Labute approximate surface area is 93.0 Å². The fraction of sp³-hybridized carbons (Fsp3) is 0.455. The van der Waals surface area contributed by atoms with Crippen LogP contribution in [0.1, 0.15) is 22.5 Å². The first-order chi connectivity index (χ1) is 7.75. The summed E-state index contributed by atoms with van der Waals surface area (Å²) in [5, 5.41) is 8.69. The Morgan fingerprint density at radius 2 is 2.50 bits per heavy atom. The average Bonchev–Trinajstić information content (AvgIpc) is 2.80. The summed E-state index contributed by atoms with van der Waals surface area (Å²) in [7, 11) is 0. The number of aromatic carboxylic acids is 1. The third kappa shape index (κ3) is 2.77. The zero-order valence-corrected chi connectivity index (χ0v) is 8.76. The molecule has 1 aliphatic rings. The highest BCUT2D eigenvalue weighted by atomic mass is 16.5. The fourth-order valence-electron chi connectivity index (χ4n) is 1.48. The third-order valence-corrected chi connectivity index (χ3v) is 2.43. The average molecular weight is 223 g/mol. The molecule has 0 radical (unpaired) electrons. The molecule has 0 spiro atoms. The van der Waals surface area contributed by atoms with Crippen LogP contribution >= 0.6 is 0 Å². The minimum absolute atomic E-state index is 0.140. The van der Waals surface area contributed by atoms with Crippen molar-refractivity contribution in [1.82, 2.24) is 4.98 Å². The van der Waals surface area contributed by atoms with Crippen LogP contribution in [0.4, 0.5) is 0 Å². The van der Waals surface area contributed by atoms with E-state index in [0.29, 0.717) is 13.2 Å². The van der Waals surface area contributed by atoms with E-state index in [-0.39, 0.29) is 11.7 Å². The molecule has 1 fully saturated rings. The van der Waals surface area contributed by atoms with Gasteiger partial charge in [0, 0.05) is 12.8 Å². The van der Waals surface area contributed by atoms with Crippen LogP contribution in [-0.2, 0) is 16.1 Å². The summed E-state index contributed by atoms with van der Waals surface area (Å²) in [5.41, 5.74) is 0.921. The molecule has 2 rings (SSSR count). The lowest BCUT2D eigenvalue weighted by atomic mass is 10.2. The Morgan fingerprint density at radius 3 is 3.06 bits per heavy atom. The highest BCUT2D eigenvalue weighted by Crippen LogP contribution is 2.10. The van der Waals surface area contributed by atoms with E-state index in [1.165, 1.54) is 12.3 Å². The molecule has 0 amide bonds. The highest BCUT2D eigenvalue weighted by molar-refractivity contribution is 5.87. The molecule has 0 aliphatic carbocycles. The van der Waals surface area contributed by atoms with Gasteiger partial charge in [-0.05, 0) is 18.6 Å². The Hall–Kier alpha value is -1.46. The Balaban J connectivity index is 1.87. The van der Waals surface area contributed by atoms with Crippen LogP contribution in [0.5, 0.6) is 0 Å². The van der Waals surface area contributed by atoms with Gasteiger partial charge in [0.2, 0.25) is 0 Å². The minimum Gasteiger partial charge on any atom is -0.478 e. The molecule has 0 saturated carbocycles. The number of pyridine rings is 1. The SMILES string of the molecule is O=C(O)c1ccc(COC2CCOC2)nc1. The van der Waals surface area contributed by atoms with Gasteiger partial charge in [-0.1, -0.05) is 0 Å². The summed E-state index contributed by atoms with van der Waals surface area (Å²) < 4.78 is 10.7. The lowest BCUT2D eigenvalue weighted by Crippen LogP contribution is -2.12. The van der Waals surface area contributed by atoms with Gasteiger partial charge in [-0.2, -0.15) is 0 Å². The van der Waals surface area contributed by atoms with E-state index in [1.807, 2.05) is 0 Å². The standard InChI is InChI=1S/C11H13NO4/c13-11(14)8-1-2-9(12-5-8)6-16-10-3-4-15-7-10/h1-2,5,10H,3-4,6-7H2,(H,13,14). The van der Waals surface area contributed by atoms with Gasteiger partial charge in [0.1, 0.15) is 0 Å². The first-order valence-electron chi connectivity index (χ1n) is 5.13. The second-order valence-corrected chi connectivity index (χ2v) is 3.64. The van der Waals surface area contributed by atoms with Gasteiger partial charge < -0.3 is 14.6 Å². The van der Waals surface area contributed by atoms with Crippen LogP contribution in [0.3, 0.4) is 0 Å². The fourth-order valence-corrected chi connectivity index (χ4v) is 1.48. The van der Waals surface area contributed by atoms with Crippen LogP contribution in [-0.4, -0.2) is 35.4 Å². The molecular weight excluding hydrogens is 210 g/mol. The normalized spacial score (nSPS) is 19.9. The monoisotopic (exact) mass is 223 g/mol. The van der Waals surface area contributed by atoms with Crippen molar-refractivity contribution >= 4 is 5.97 Å². The van der Waals surface area contributed by atoms with Crippen LogP contribution in [0.15, 0.2) is 18.3 Å². The van der Waals surface area contributed by atoms with Gasteiger partial charge in [0.05, 0.1) is 30.6 Å². The van der Waals surface area contributed by atoms with Gasteiger partial charge in [-0.3, -0.25) is 4.98 Å². The maximum atomic E-state index is 10.6. The summed E-state index contributed by atoms with van der Waals surface area (Å²) in [5.74, 6) is -0.968. The second kappa shape index (κ2) is 5.05. The highest BCUT2D eigenvalue weighted by Gasteiger charge is 2.16. The third-order valence-electron chi connectivity index (χ3n) is 2.43. The van der Waals surface area contributed by atoms with Gasteiger partial charge in [0.25, 0.3) is 0 Å². The number of ether oxygens (including phenoxy) is 2. The number of aromatic nitrogens is 1. The van der Waals surface area contributed by atoms with E-state index in [1.54, 1.807) is 6.07 Å². The minimum atomic E-state index is -0.968. The number of carbonyl (C=O) groups is 1. The van der Waals surface area contributed by atoms with Crippen molar-refractivity contribution < 1.29 is 19.4 Å². The summed E-state index contributed by atoms with van der Waals surface area (Å²) >= 11 is 0.